The number of likely N-dealkylation sites (tertiary alicyclic amines) is 1. The van der Waals surface area contributed by atoms with Crippen LogP contribution in [0, 0.1) is 0 Å². The zero-order valence-corrected chi connectivity index (χ0v) is 22.4. The Morgan fingerprint density at radius 1 is 1.16 bits per heavy atom. The third-order valence-corrected chi connectivity index (χ3v) is 5.05. The maximum absolute atomic E-state index is 12.6. The number of rotatable bonds is 5. The smallest absolute Gasteiger partial charge is 0.410 e. The predicted octanol–water partition coefficient (Wildman–Crippen LogP) is 3.46. The van der Waals surface area contributed by atoms with Crippen LogP contribution in [0.25, 0.3) is 0 Å². The molecule has 1 saturated heterocycles. The summed E-state index contributed by atoms with van der Waals surface area (Å²) in [7, 11) is 5.20. The highest BCUT2D eigenvalue weighted by Crippen LogP contribution is 2.20. The Hall–Kier alpha value is -2.04. The predicted molar refractivity (Wildman–Crippen MR) is 139 cm³/mol. The van der Waals surface area contributed by atoms with Crippen molar-refractivity contribution in [3.63, 3.8) is 0 Å². The molecule has 0 bridgehead atoms. The Balaban J connectivity index is 0.00000512. The average Bonchev–Trinajstić information content (AvgIpc) is 2.72. The lowest BCUT2D eigenvalue weighted by atomic mass is 10.0. The Morgan fingerprint density at radius 3 is 2.38 bits per heavy atom. The van der Waals surface area contributed by atoms with Gasteiger partial charge in [0.05, 0.1) is 6.04 Å². The number of halogens is 1. The highest BCUT2D eigenvalue weighted by Gasteiger charge is 2.30. The first-order valence-corrected chi connectivity index (χ1v) is 10.9. The van der Waals surface area contributed by atoms with Crippen LogP contribution < -0.4 is 10.6 Å². The van der Waals surface area contributed by atoms with Crippen molar-refractivity contribution in [2.45, 2.75) is 58.2 Å². The highest BCUT2D eigenvalue weighted by atomic mass is 127. The molecule has 8 nitrogen and oxygen atoms in total. The van der Waals surface area contributed by atoms with E-state index in [0.29, 0.717) is 31.2 Å². The van der Waals surface area contributed by atoms with Crippen molar-refractivity contribution < 1.29 is 14.3 Å². The zero-order valence-electron chi connectivity index (χ0n) is 20.1. The van der Waals surface area contributed by atoms with E-state index < -0.39 is 5.60 Å². The van der Waals surface area contributed by atoms with E-state index in [1.54, 1.807) is 26.0 Å². The normalized spacial score (nSPS) is 16.6. The molecule has 2 N–H and O–H groups in total. The van der Waals surface area contributed by atoms with Gasteiger partial charge < -0.3 is 25.2 Å². The summed E-state index contributed by atoms with van der Waals surface area (Å²) in [6.07, 6.45) is 2.77. The second-order valence-electron chi connectivity index (χ2n) is 9.03. The highest BCUT2D eigenvalue weighted by molar-refractivity contribution is 14.0. The fourth-order valence-corrected chi connectivity index (χ4v) is 3.42. The Bertz CT molecular complexity index is 775. The van der Waals surface area contributed by atoms with Crippen molar-refractivity contribution in [3.8, 4) is 0 Å². The first-order valence-electron chi connectivity index (χ1n) is 10.9. The van der Waals surface area contributed by atoms with Crippen molar-refractivity contribution >= 4 is 41.9 Å². The Labute approximate surface area is 209 Å². The molecule has 0 aliphatic carbocycles. The van der Waals surface area contributed by atoms with E-state index in [1.807, 2.05) is 49.9 Å². The van der Waals surface area contributed by atoms with Crippen LogP contribution in [0.15, 0.2) is 29.3 Å². The largest absolute Gasteiger partial charge is 0.444 e. The SMILES string of the molecule is CN=C(NCc1ccc(C(=O)N(C)C)cc1)NCC1CCCCN1C(=O)OC(C)(C)C.I. The van der Waals surface area contributed by atoms with Gasteiger partial charge in [0.15, 0.2) is 5.96 Å². The maximum atomic E-state index is 12.6. The lowest BCUT2D eigenvalue weighted by Gasteiger charge is -2.37. The Kier molecular flexibility index (Phi) is 11.2. The number of benzene rings is 1. The van der Waals surface area contributed by atoms with E-state index in [1.165, 1.54) is 0 Å². The first kappa shape index (κ1) is 28.0. The summed E-state index contributed by atoms with van der Waals surface area (Å²) in [5, 5.41) is 6.62. The van der Waals surface area contributed by atoms with E-state index in [4.69, 9.17) is 4.74 Å². The van der Waals surface area contributed by atoms with Gasteiger partial charge in [0.1, 0.15) is 5.60 Å². The number of hydrogen-bond donors (Lipinski definition) is 2. The topological polar surface area (TPSA) is 86.3 Å². The molecule has 0 radical (unpaired) electrons. The van der Waals surface area contributed by atoms with Gasteiger partial charge in [-0.1, -0.05) is 12.1 Å². The molecule has 1 unspecified atom stereocenters. The van der Waals surface area contributed by atoms with Crippen LogP contribution in [0.4, 0.5) is 4.79 Å². The molecule has 1 atom stereocenters. The first-order chi connectivity index (χ1) is 14.6. The number of piperidine rings is 1. The number of nitrogens with one attached hydrogen (secondary N) is 2. The molecular formula is C23H38IN5O3. The molecule has 1 aliphatic rings. The summed E-state index contributed by atoms with van der Waals surface area (Å²) in [4.78, 5) is 32.2. The molecule has 2 rings (SSSR count). The molecule has 1 aromatic carbocycles. The molecule has 9 heteroatoms. The van der Waals surface area contributed by atoms with Crippen molar-refractivity contribution in [1.29, 1.82) is 0 Å². The van der Waals surface area contributed by atoms with Gasteiger partial charge in [0, 0.05) is 46.3 Å². The zero-order chi connectivity index (χ0) is 23.0. The fourth-order valence-electron chi connectivity index (χ4n) is 3.42. The monoisotopic (exact) mass is 559 g/mol. The number of amides is 2. The minimum absolute atomic E-state index is 0. The summed E-state index contributed by atoms with van der Waals surface area (Å²) in [5.41, 5.74) is 1.21. The molecule has 180 valence electrons. The molecule has 0 saturated carbocycles. The quantitative estimate of drug-likeness (QED) is 0.328. The van der Waals surface area contributed by atoms with Crippen LogP contribution in [0.2, 0.25) is 0 Å². The molecule has 32 heavy (non-hydrogen) atoms. The van der Waals surface area contributed by atoms with Crippen molar-refractivity contribution in [2.75, 3.05) is 34.2 Å². The molecule has 2 amide bonds. The van der Waals surface area contributed by atoms with Crippen LogP contribution >= 0.6 is 24.0 Å². The third kappa shape index (κ3) is 8.84. The van der Waals surface area contributed by atoms with Crippen LogP contribution in [0.5, 0.6) is 0 Å². The average molecular weight is 559 g/mol. The summed E-state index contributed by atoms with van der Waals surface area (Å²) in [5.74, 6) is 0.655. The van der Waals surface area contributed by atoms with Crippen LogP contribution in [-0.4, -0.2) is 73.6 Å². The van der Waals surface area contributed by atoms with E-state index in [9.17, 15) is 9.59 Å². The standard InChI is InChI=1S/C23H37N5O3.HI/c1-23(2,3)31-22(30)28-14-8-7-9-19(28)16-26-21(24-4)25-15-17-10-12-18(13-11-17)20(29)27(5)6;/h10-13,19H,7-9,14-16H2,1-6H3,(H2,24,25,26);1H. The minimum Gasteiger partial charge on any atom is -0.444 e. The summed E-state index contributed by atoms with van der Waals surface area (Å²) < 4.78 is 5.57. The molecule has 1 heterocycles. The fraction of sp³-hybridized carbons (Fsp3) is 0.609. The second kappa shape index (κ2) is 12.9. The number of aliphatic imine (C=N–C) groups is 1. The van der Waals surface area contributed by atoms with Gasteiger partial charge in [-0.3, -0.25) is 9.79 Å². The maximum Gasteiger partial charge on any atom is 0.410 e. The lowest BCUT2D eigenvalue weighted by Crippen LogP contribution is -2.52. The van der Waals surface area contributed by atoms with Gasteiger partial charge >= 0.3 is 6.09 Å². The molecule has 0 spiro atoms. The molecule has 1 fully saturated rings. The number of carbonyl (C=O) groups is 2. The van der Waals surface area contributed by atoms with Gasteiger partial charge in [-0.2, -0.15) is 0 Å². The van der Waals surface area contributed by atoms with Crippen LogP contribution in [0.3, 0.4) is 0 Å². The van der Waals surface area contributed by atoms with Gasteiger partial charge in [-0.15, -0.1) is 24.0 Å². The van der Waals surface area contributed by atoms with E-state index in [-0.39, 0.29) is 42.0 Å². The van der Waals surface area contributed by atoms with Gasteiger partial charge in [0.25, 0.3) is 5.91 Å². The summed E-state index contributed by atoms with van der Waals surface area (Å²) in [6.45, 7) is 7.56. The number of hydrogen-bond acceptors (Lipinski definition) is 4. The van der Waals surface area contributed by atoms with Gasteiger partial charge in [-0.05, 0) is 57.7 Å². The van der Waals surface area contributed by atoms with Crippen molar-refractivity contribution in [3.05, 3.63) is 35.4 Å². The number of guanidine groups is 1. The molecular weight excluding hydrogens is 521 g/mol. The van der Waals surface area contributed by atoms with Crippen molar-refractivity contribution in [2.24, 2.45) is 4.99 Å². The summed E-state index contributed by atoms with van der Waals surface area (Å²) >= 11 is 0. The van der Waals surface area contributed by atoms with Gasteiger partial charge in [0.2, 0.25) is 0 Å². The number of carbonyl (C=O) groups excluding carboxylic acids is 2. The molecule has 1 aromatic rings. The second-order valence-corrected chi connectivity index (χ2v) is 9.03. The number of ether oxygens (including phenoxy) is 1. The van der Waals surface area contributed by atoms with Gasteiger partial charge in [-0.25, -0.2) is 4.79 Å². The lowest BCUT2D eigenvalue weighted by molar-refractivity contribution is 0.0104. The summed E-state index contributed by atoms with van der Waals surface area (Å²) in [6, 6.07) is 7.59. The molecule has 0 aromatic heterocycles. The van der Waals surface area contributed by atoms with E-state index >= 15 is 0 Å². The van der Waals surface area contributed by atoms with E-state index in [0.717, 1.165) is 24.8 Å². The van der Waals surface area contributed by atoms with Crippen LogP contribution in [0.1, 0.15) is 56.0 Å². The molecule has 1 aliphatic heterocycles. The minimum atomic E-state index is -0.503. The third-order valence-electron chi connectivity index (χ3n) is 5.05. The Morgan fingerprint density at radius 2 is 1.81 bits per heavy atom. The van der Waals surface area contributed by atoms with E-state index in [2.05, 4.69) is 15.6 Å². The van der Waals surface area contributed by atoms with Crippen LogP contribution in [-0.2, 0) is 11.3 Å². The number of nitrogens with zero attached hydrogens (tertiary/aromatic N) is 3. The van der Waals surface area contributed by atoms with Crippen molar-refractivity contribution in [1.82, 2.24) is 20.4 Å².